The van der Waals surface area contributed by atoms with Crippen LogP contribution in [0.5, 0.6) is 0 Å². The van der Waals surface area contributed by atoms with E-state index in [1.807, 2.05) is 124 Å². The van der Waals surface area contributed by atoms with Gasteiger partial charge in [0.2, 0.25) is 17.7 Å². The molecule has 0 spiro atoms. The van der Waals surface area contributed by atoms with Crippen molar-refractivity contribution in [3.05, 3.63) is 128 Å². The van der Waals surface area contributed by atoms with Gasteiger partial charge in [-0.25, -0.2) is 4.98 Å². The number of carbonyl (C=O) groups is 5. The van der Waals surface area contributed by atoms with E-state index in [-0.39, 0.29) is 49.1 Å². The number of benzene rings is 3. The topological polar surface area (TPSA) is 201 Å². The van der Waals surface area contributed by atoms with E-state index in [2.05, 4.69) is 39.7 Å². The van der Waals surface area contributed by atoms with Crippen molar-refractivity contribution in [2.75, 3.05) is 26.7 Å². The standard InChI is InChI=1S/C56H63N9O7S2/c1-30-33(4)74-55-46(30)47(59-43(27-45(67)72-9)50-62-61-34(5)65(50)55)38-16-12-36(13-17-38)37-14-20-41(21-15-37)53(70)63-24-22-40(23-25-63)51(68)60-49(56(6,7)8)54(71)64-28-42(66)26-44(64)52(69)58-31(2)35-10-18-39(19-11-35)48-32(3)57-29-73-48/h10-21,29,31,40,42-44,49,66H,22-28H2,1-9H3,(H,58,69)(H,60,68)/t31-,42+,43?,44-,49+/m0/s1. The predicted octanol–water partition coefficient (Wildman–Crippen LogP) is 8.03. The van der Waals surface area contributed by atoms with Crippen LogP contribution in [0.15, 0.2) is 83.3 Å². The number of aliphatic imine (C=N–C) groups is 1. The molecule has 6 aromatic rings. The van der Waals surface area contributed by atoms with Crippen molar-refractivity contribution in [3.8, 4) is 26.6 Å². The second-order valence-corrected chi connectivity index (χ2v) is 22.8. The highest BCUT2D eigenvalue weighted by molar-refractivity contribution is 7.15. The molecule has 74 heavy (non-hydrogen) atoms. The van der Waals surface area contributed by atoms with Crippen molar-refractivity contribution in [1.82, 2.24) is 40.2 Å². The molecule has 0 radical (unpaired) electrons. The Morgan fingerprint density at radius 1 is 0.838 bits per heavy atom. The Bertz CT molecular complexity index is 3130. The summed E-state index contributed by atoms with van der Waals surface area (Å²) in [6, 6.07) is 20.7. The Kier molecular flexibility index (Phi) is 14.9. The number of rotatable bonds is 12. The Balaban J connectivity index is 0.813. The summed E-state index contributed by atoms with van der Waals surface area (Å²) in [7, 11) is 1.37. The van der Waals surface area contributed by atoms with Crippen LogP contribution in [0.4, 0.5) is 0 Å². The first-order chi connectivity index (χ1) is 35.3. The number of nitrogens with one attached hydrogen (secondary N) is 2. The number of ether oxygens (including phenoxy) is 1. The fourth-order valence-electron chi connectivity index (χ4n) is 10.2. The maximum Gasteiger partial charge on any atom is 0.308 e. The van der Waals surface area contributed by atoms with Gasteiger partial charge in [0.1, 0.15) is 29.0 Å². The number of aryl methyl sites for hydroxylation is 3. The van der Waals surface area contributed by atoms with Crippen molar-refractivity contribution < 1.29 is 33.8 Å². The maximum absolute atomic E-state index is 14.4. The lowest BCUT2D eigenvalue weighted by Crippen LogP contribution is -2.59. The third-order valence-corrected chi connectivity index (χ3v) is 16.8. The van der Waals surface area contributed by atoms with Gasteiger partial charge in [0, 0.05) is 53.5 Å². The number of carbonyl (C=O) groups excluding carboxylic acids is 5. The van der Waals surface area contributed by atoms with E-state index in [1.165, 1.54) is 12.0 Å². The molecule has 3 aromatic carbocycles. The second kappa shape index (κ2) is 21.2. The quantitative estimate of drug-likeness (QED) is 0.101. The van der Waals surface area contributed by atoms with Crippen molar-refractivity contribution in [2.45, 2.75) is 111 Å². The number of aromatic nitrogens is 4. The highest BCUT2D eigenvalue weighted by Crippen LogP contribution is 2.40. The van der Waals surface area contributed by atoms with Crippen LogP contribution in [-0.2, 0) is 23.9 Å². The third-order valence-electron chi connectivity index (χ3n) is 14.6. The van der Waals surface area contributed by atoms with E-state index in [0.29, 0.717) is 43.1 Å². The van der Waals surface area contributed by atoms with Gasteiger partial charge in [0.05, 0.1) is 47.5 Å². The van der Waals surface area contributed by atoms with Crippen LogP contribution in [0.3, 0.4) is 0 Å². The summed E-state index contributed by atoms with van der Waals surface area (Å²) in [6.45, 7) is 16.2. The SMILES string of the molecule is COC(=O)CC1N=C(c2ccc(-c3ccc(C(=O)N4CCC(C(=O)N[C@H](C(=O)N5C[C@H](O)C[C@H]5C(=O)N[C@@H](C)c5ccc(-c6scnc6C)cc5)C(C)(C)C)CC4)cc3)cc2)c2c(sc(C)c2C)-n2c(C)nnc21. The number of hydrogen-bond donors (Lipinski definition) is 3. The number of thiazole rings is 1. The Morgan fingerprint density at radius 2 is 1.47 bits per heavy atom. The van der Waals surface area contributed by atoms with Crippen molar-refractivity contribution in [3.63, 3.8) is 0 Å². The molecule has 3 aliphatic rings. The van der Waals surface area contributed by atoms with Crippen LogP contribution in [-0.4, -0.2) is 115 Å². The molecule has 16 nitrogen and oxygen atoms in total. The van der Waals surface area contributed by atoms with E-state index in [4.69, 9.17) is 9.73 Å². The molecule has 9 rings (SSSR count). The number of thiophene rings is 1. The van der Waals surface area contributed by atoms with Crippen LogP contribution in [0.1, 0.15) is 120 Å². The average molecular weight is 1040 g/mol. The second-order valence-electron chi connectivity index (χ2n) is 20.7. The molecule has 5 atom stereocenters. The molecule has 2 saturated heterocycles. The number of aliphatic hydroxyl groups is 1. The van der Waals surface area contributed by atoms with Crippen LogP contribution < -0.4 is 10.6 Å². The Labute approximate surface area is 439 Å². The minimum atomic E-state index is -0.962. The van der Waals surface area contributed by atoms with Crippen LogP contribution in [0.25, 0.3) is 26.6 Å². The molecule has 0 aliphatic carbocycles. The van der Waals surface area contributed by atoms with Gasteiger partial charge in [-0.2, -0.15) is 0 Å². The maximum atomic E-state index is 14.4. The normalized spacial score (nSPS) is 18.7. The number of esters is 1. The van der Waals surface area contributed by atoms with Gasteiger partial charge in [-0.15, -0.1) is 32.9 Å². The summed E-state index contributed by atoms with van der Waals surface area (Å²) in [5, 5.41) is 26.6. The van der Waals surface area contributed by atoms with Crippen molar-refractivity contribution in [2.24, 2.45) is 16.3 Å². The number of hydrogen-bond acceptors (Lipinski definition) is 13. The van der Waals surface area contributed by atoms with Crippen LogP contribution in [0, 0.1) is 39.0 Å². The van der Waals surface area contributed by atoms with Gasteiger partial charge >= 0.3 is 5.97 Å². The van der Waals surface area contributed by atoms with E-state index >= 15 is 0 Å². The van der Waals surface area contributed by atoms with Gasteiger partial charge in [-0.1, -0.05) is 81.4 Å². The fraction of sp³-hybridized carbons (Fsp3) is 0.411. The molecule has 3 N–H and O–H groups in total. The third kappa shape index (κ3) is 10.4. The largest absolute Gasteiger partial charge is 0.469 e. The smallest absolute Gasteiger partial charge is 0.308 e. The van der Waals surface area contributed by atoms with E-state index in [0.717, 1.165) is 65.1 Å². The number of nitrogens with zero attached hydrogens (tertiary/aromatic N) is 7. The van der Waals surface area contributed by atoms with E-state index in [9.17, 15) is 29.1 Å². The summed E-state index contributed by atoms with van der Waals surface area (Å²) in [4.78, 5) is 83.5. The minimum Gasteiger partial charge on any atom is -0.469 e. The van der Waals surface area contributed by atoms with Gasteiger partial charge in [0.15, 0.2) is 5.82 Å². The summed E-state index contributed by atoms with van der Waals surface area (Å²) < 4.78 is 7.05. The Morgan fingerprint density at radius 3 is 2.09 bits per heavy atom. The zero-order valence-electron chi connectivity index (χ0n) is 43.3. The Hall–Kier alpha value is -6.89. The number of methoxy groups -OCH3 is 1. The summed E-state index contributed by atoms with van der Waals surface area (Å²) in [6.07, 6.45) is 0.0529. The lowest BCUT2D eigenvalue weighted by molar-refractivity contribution is -0.144. The summed E-state index contributed by atoms with van der Waals surface area (Å²) in [5.41, 5.74) is 10.2. The lowest BCUT2D eigenvalue weighted by atomic mass is 9.84. The van der Waals surface area contributed by atoms with Crippen LogP contribution in [0.2, 0.25) is 0 Å². The first kappa shape index (κ1) is 52.0. The summed E-state index contributed by atoms with van der Waals surface area (Å²) >= 11 is 3.22. The molecule has 0 saturated carbocycles. The van der Waals surface area contributed by atoms with E-state index < -0.39 is 41.5 Å². The molecule has 4 amide bonds. The van der Waals surface area contributed by atoms with E-state index in [1.54, 1.807) is 27.6 Å². The van der Waals surface area contributed by atoms with Gasteiger partial charge in [-0.05, 0) is 92.8 Å². The first-order valence-corrected chi connectivity index (χ1v) is 26.8. The number of β-amino-alcohol motifs (C(OH)–C–C–N with tert-alkyl or cyclic N) is 1. The summed E-state index contributed by atoms with van der Waals surface area (Å²) in [5.74, 6) is -0.707. The molecule has 0 bridgehead atoms. The van der Waals surface area contributed by atoms with Gasteiger partial charge in [-0.3, -0.25) is 33.5 Å². The molecular formula is C56H63N9O7S2. The lowest BCUT2D eigenvalue weighted by Gasteiger charge is -2.37. The molecule has 1 unspecified atom stereocenters. The molecule has 18 heteroatoms. The molecule has 3 aromatic heterocycles. The zero-order valence-corrected chi connectivity index (χ0v) is 44.9. The number of piperidine rings is 1. The van der Waals surface area contributed by atoms with Crippen molar-refractivity contribution in [1.29, 1.82) is 0 Å². The first-order valence-electron chi connectivity index (χ1n) is 25.1. The minimum absolute atomic E-state index is 0.0187. The number of aliphatic hydroxyl groups excluding tert-OH is 1. The highest BCUT2D eigenvalue weighted by Gasteiger charge is 2.45. The number of fused-ring (bicyclic) bond motifs is 3. The van der Waals surface area contributed by atoms with Crippen molar-refractivity contribution >= 4 is 58.0 Å². The number of likely N-dealkylation sites (tertiary alicyclic amines) is 2. The molecule has 386 valence electrons. The molecule has 6 heterocycles. The molecule has 2 fully saturated rings. The zero-order chi connectivity index (χ0) is 52.7. The van der Waals surface area contributed by atoms with Gasteiger partial charge < -0.3 is 30.3 Å². The molecular weight excluding hydrogens is 975 g/mol. The average Bonchev–Trinajstić information content (AvgIpc) is 4.16. The fourth-order valence-corrected chi connectivity index (χ4v) is 12.2. The van der Waals surface area contributed by atoms with Crippen LogP contribution >= 0.6 is 22.7 Å². The molecule has 3 aliphatic heterocycles. The van der Waals surface area contributed by atoms with Gasteiger partial charge in [0.25, 0.3) is 5.91 Å². The predicted molar refractivity (Wildman–Crippen MR) is 285 cm³/mol. The number of amides is 4. The monoisotopic (exact) mass is 1040 g/mol. The highest BCUT2D eigenvalue weighted by atomic mass is 32.1.